The first kappa shape index (κ1) is 44.6. The van der Waals surface area contributed by atoms with Gasteiger partial charge in [0.1, 0.15) is 29.9 Å². The summed E-state index contributed by atoms with van der Waals surface area (Å²) in [5.74, 6) is 3.10. The molecule has 12 nitrogen and oxygen atoms in total. The molecule has 12 heteroatoms. The fourth-order valence-corrected chi connectivity index (χ4v) is 10.2. The molecule has 4 N–H and O–H groups in total. The number of aliphatic hydroxyl groups excluding tert-OH is 1. The highest BCUT2D eigenvalue weighted by Crippen LogP contribution is 2.65. The maximum atomic E-state index is 16.3. The van der Waals surface area contributed by atoms with Crippen LogP contribution in [-0.4, -0.2) is 71.6 Å². The van der Waals surface area contributed by atoms with E-state index in [-0.39, 0.29) is 18.9 Å². The van der Waals surface area contributed by atoms with Crippen molar-refractivity contribution >= 4 is 29.5 Å². The third kappa shape index (κ3) is 8.34. The number of nitrogens with zero attached hydrogens (tertiary/aromatic N) is 3. The Balaban J connectivity index is 1.26. The molecule has 0 aliphatic carbocycles. The summed E-state index contributed by atoms with van der Waals surface area (Å²) in [6.07, 6.45) is -0.891. The number of aliphatic hydroxyl groups is 1. The van der Waals surface area contributed by atoms with E-state index in [1.165, 1.54) is 0 Å². The van der Waals surface area contributed by atoms with Gasteiger partial charge in [0.15, 0.2) is 0 Å². The van der Waals surface area contributed by atoms with Gasteiger partial charge in [-0.1, -0.05) is 145 Å². The maximum Gasteiger partial charge on any atom is 0.329 e. The van der Waals surface area contributed by atoms with Gasteiger partial charge in [-0.3, -0.25) is 24.2 Å². The molecule has 3 aliphatic heterocycles. The number of morpholine rings is 1. The molecule has 67 heavy (non-hydrogen) atoms. The highest BCUT2D eigenvalue weighted by molar-refractivity contribution is 6.24. The molecule has 0 saturated carbocycles. The predicted molar refractivity (Wildman–Crippen MR) is 253 cm³/mol. The fraction of sp³-hybridized carbons (Fsp3) is 0.236. The molecule has 0 radical (unpaired) electrons. The first-order chi connectivity index (χ1) is 32.6. The molecule has 2 saturated heterocycles. The predicted octanol–water partition coefficient (Wildman–Crippen LogP) is 7.16. The van der Waals surface area contributed by atoms with Crippen LogP contribution in [0, 0.1) is 17.8 Å². The molecule has 1 spiro atoms. The van der Waals surface area contributed by atoms with E-state index >= 15 is 9.59 Å². The van der Waals surface area contributed by atoms with E-state index in [0.717, 1.165) is 21.6 Å². The Bertz CT molecular complexity index is 2820. The van der Waals surface area contributed by atoms with Crippen LogP contribution in [0.15, 0.2) is 164 Å². The average molecular weight is 894 g/mol. The molecule has 6 aromatic carbocycles. The zero-order valence-electron chi connectivity index (χ0n) is 37.2. The standard InChI is InChI=1S/C55H51N5O7/c1-36(39-19-9-4-10-20-39)57-54(65)59-45-30-25-37(18-15-31-58(2)35-38-16-7-3-8-17-38)34-44(45)55(53(59)64)46(51(56)62)48-52(63)67-49(41-23-13-6-14-24-41)47(40-21-11-5-12-22-40)60(48)50(55)42-26-28-43(29-27-42)66-33-32-61/h3-14,16-17,19-30,34,36,46-50,61H,31-33,35H2,1-2H3,(H2,56,62)(H,57,65). The van der Waals surface area contributed by atoms with Gasteiger partial charge in [0.2, 0.25) is 11.8 Å². The molecule has 3 aliphatic rings. The van der Waals surface area contributed by atoms with E-state index < -0.39 is 65.4 Å². The van der Waals surface area contributed by atoms with Crippen LogP contribution < -0.4 is 20.7 Å². The van der Waals surface area contributed by atoms with Gasteiger partial charge in [0.25, 0.3) is 0 Å². The van der Waals surface area contributed by atoms with E-state index in [4.69, 9.17) is 15.2 Å². The molecule has 7 atom stereocenters. The van der Waals surface area contributed by atoms with Crippen LogP contribution in [0.5, 0.6) is 5.75 Å². The van der Waals surface area contributed by atoms with E-state index in [1.807, 2.05) is 128 Å². The second kappa shape index (κ2) is 19.1. The van der Waals surface area contributed by atoms with E-state index in [2.05, 4.69) is 34.2 Å². The number of fused-ring (bicyclic) bond motifs is 3. The van der Waals surface area contributed by atoms with Crippen molar-refractivity contribution in [1.29, 1.82) is 0 Å². The van der Waals surface area contributed by atoms with Crippen LogP contribution in [0.1, 0.15) is 70.1 Å². The molecular formula is C55H51N5O7. The molecule has 338 valence electrons. The summed E-state index contributed by atoms with van der Waals surface area (Å²) in [5.41, 5.74) is 9.62. The van der Waals surface area contributed by atoms with Crippen molar-refractivity contribution in [1.82, 2.24) is 15.1 Å². The fourth-order valence-electron chi connectivity index (χ4n) is 10.2. The summed E-state index contributed by atoms with van der Waals surface area (Å²) >= 11 is 0. The molecule has 0 aromatic heterocycles. The number of carbonyl (C=O) groups excluding carboxylic acids is 4. The van der Waals surface area contributed by atoms with Crippen molar-refractivity contribution in [3.8, 4) is 17.6 Å². The summed E-state index contributed by atoms with van der Waals surface area (Å²) in [7, 11) is 1.98. The van der Waals surface area contributed by atoms with Crippen LogP contribution >= 0.6 is 0 Å². The minimum atomic E-state index is -1.99. The molecule has 7 unspecified atom stereocenters. The van der Waals surface area contributed by atoms with Crippen LogP contribution in [0.3, 0.4) is 0 Å². The highest BCUT2D eigenvalue weighted by atomic mass is 16.6. The lowest BCUT2D eigenvalue weighted by molar-refractivity contribution is -0.178. The van der Waals surface area contributed by atoms with Crippen LogP contribution in [0.4, 0.5) is 10.5 Å². The Morgan fingerprint density at radius 3 is 2.09 bits per heavy atom. The lowest BCUT2D eigenvalue weighted by Crippen LogP contribution is -2.55. The maximum absolute atomic E-state index is 16.3. The quantitative estimate of drug-likeness (QED) is 0.0858. The molecule has 2 fully saturated rings. The second-order valence-electron chi connectivity index (χ2n) is 17.2. The van der Waals surface area contributed by atoms with Gasteiger partial charge in [-0.2, -0.15) is 0 Å². The minimum absolute atomic E-state index is 0.0501. The number of nitrogens with one attached hydrogen (secondary N) is 1. The smallest absolute Gasteiger partial charge is 0.329 e. The Kier molecular flexibility index (Phi) is 12.7. The number of ether oxygens (including phenoxy) is 2. The SMILES string of the molecule is CC(NC(=O)N1C(=O)C2(c3cc(C#CCN(C)Cc4ccccc4)ccc31)C(C(N)=O)C1C(=O)OC(c3ccccc3)C(c3ccccc3)N1C2c1ccc(OCCO)cc1)c1ccccc1. The Hall–Kier alpha value is -7.56. The summed E-state index contributed by atoms with van der Waals surface area (Å²) in [6.45, 7) is 2.77. The molecule has 3 heterocycles. The Labute approximate surface area is 389 Å². The Morgan fingerprint density at radius 1 is 0.821 bits per heavy atom. The van der Waals surface area contributed by atoms with Gasteiger partial charge in [-0.25, -0.2) is 9.69 Å². The van der Waals surface area contributed by atoms with Gasteiger partial charge in [-0.05, 0) is 77.7 Å². The summed E-state index contributed by atoms with van der Waals surface area (Å²) in [5, 5.41) is 12.6. The number of urea groups is 1. The van der Waals surface area contributed by atoms with Gasteiger partial charge in [0.05, 0.1) is 42.9 Å². The molecule has 4 amide bonds. The lowest BCUT2D eigenvalue weighted by atomic mass is 9.65. The Morgan fingerprint density at radius 2 is 1.45 bits per heavy atom. The van der Waals surface area contributed by atoms with Crippen LogP contribution in [0.2, 0.25) is 0 Å². The van der Waals surface area contributed by atoms with Gasteiger partial charge >= 0.3 is 12.0 Å². The lowest BCUT2D eigenvalue weighted by Gasteiger charge is -2.46. The third-order valence-electron chi connectivity index (χ3n) is 13.0. The number of imide groups is 1. The average Bonchev–Trinajstić information content (AvgIpc) is 3.81. The van der Waals surface area contributed by atoms with Crippen molar-refractivity contribution in [2.75, 3.05) is 31.7 Å². The second-order valence-corrected chi connectivity index (χ2v) is 17.2. The van der Waals surface area contributed by atoms with E-state index in [0.29, 0.717) is 41.1 Å². The topological polar surface area (TPSA) is 155 Å². The highest BCUT2D eigenvalue weighted by Gasteiger charge is 2.75. The van der Waals surface area contributed by atoms with Crippen molar-refractivity contribution in [3.63, 3.8) is 0 Å². The first-order valence-electron chi connectivity index (χ1n) is 22.4. The summed E-state index contributed by atoms with van der Waals surface area (Å²) in [4.78, 5) is 65.9. The van der Waals surface area contributed by atoms with Crippen LogP contribution in [0.25, 0.3) is 0 Å². The monoisotopic (exact) mass is 893 g/mol. The zero-order chi connectivity index (χ0) is 46.7. The number of hydrogen-bond donors (Lipinski definition) is 3. The molecule has 6 aromatic rings. The van der Waals surface area contributed by atoms with E-state index in [9.17, 15) is 14.7 Å². The van der Waals surface area contributed by atoms with Gasteiger partial charge in [0, 0.05) is 12.1 Å². The van der Waals surface area contributed by atoms with Gasteiger partial charge < -0.3 is 25.6 Å². The largest absolute Gasteiger partial charge is 0.491 e. The molecule has 9 rings (SSSR count). The van der Waals surface area contributed by atoms with Crippen molar-refractivity contribution in [3.05, 3.63) is 203 Å². The number of benzene rings is 6. The number of primary amides is 1. The molecular weight excluding hydrogens is 843 g/mol. The zero-order valence-corrected chi connectivity index (χ0v) is 37.2. The number of amides is 4. The van der Waals surface area contributed by atoms with Crippen molar-refractivity contribution < 1.29 is 33.8 Å². The number of esters is 1. The van der Waals surface area contributed by atoms with Gasteiger partial charge in [-0.15, -0.1) is 0 Å². The normalized spacial score (nSPS) is 22.3. The third-order valence-corrected chi connectivity index (χ3v) is 13.0. The van der Waals surface area contributed by atoms with Crippen molar-refractivity contribution in [2.45, 2.75) is 49.2 Å². The van der Waals surface area contributed by atoms with Crippen molar-refractivity contribution in [2.24, 2.45) is 11.7 Å². The van der Waals surface area contributed by atoms with E-state index in [1.54, 1.807) is 42.5 Å². The number of cyclic esters (lactones) is 1. The van der Waals surface area contributed by atoms with Crippen LogP contribution in [-0.2, 0) is 31.1 Å². The first-order valence-corrected chi connectivity index (χ1v) is 22.4. The minimum Gasteiger partial charge on any atom is -0.491 e. The number of anilines is 1. The molecule has 0 bridgehead atoms. The number of rotatable bonds is 12. The number of nitrogens with two attached hydrogens (primary N) is 1. The summed E-state index contributed by atoms with van der Waals surface area (Å²) in [6, 6.07) is 46.1. The number of carbonyl (C=O) groups is 4. The summed E-state index contributed by atoms with van der Waals surface area (Å²) < 4.78 is 12.2. The number of hydrogen-bond acceptors (Lipinski definition) is 9.